The molecular formula is C23H24ClN4O2+. The Balaban J connectivity index is 1.26. The van der Waals surface area contributed by atoms with Crippen molar-refractivity contribution in [2.24, 2.45) is 0 Å². The summed E-state index contributed by atoms with van der Waals surface area (Å²) in [5, 5.41) is 4.49. The third kappa shape index (κ3) is 5.14. The van der Waals surface area contributed by atoms with Crippen LogP contribution in [-0.4, -0.2) is 53.7 Å². The van der Waals surface area contributed by atoms with Crippen LogP contribution in [0.15, 0.2) is 65.2 Å². The highest BCUT2D eigenvalue weighted by atomic mass is 35.5. The van der Waals surface area contributed by atoms with Crippen LogP contribution in [0.5, 0.6) is 0 Å². The lowest BCUT2D eigenvalue weighted by atomic mass is 10.2. The first-order valence-electron chi connectivity index (χ1n) is 10.1. The Hall–Kier alpha value is -2.96. The summed E-state index contributed by atoms with van der Waals surface area (Å²) in [6.45, 7) is 4.30. The fourth-order valence-electron chi connectivity index (χ4n) is 3.52. The molecule has 1 aliphatic rings. The van der Waals surface area contributed by atoms with Crippen molar-refractivity contribution >= 4 is 23.6 Å². The van der Waals surface area contributed by atoms with Crippen molar-refractivity contribution in [2.45, 2.75) is 6.42 Å². The molecule has 154 valence electrons. The van der Waals surface area contributed by atoms with E-state index in [0.29, 0.717) is 22.3 Å². The van der Waals surface area contributed by atoms with Gasteiger partial charge in [-0.1, -0.05) is 65.3 Å². The average Bonchev–Trinajstić information content (AvgIpc) is 3.23. The fourth-order valence-corrected chi connectivity index (χ4v) is 3.74. The van der Waals surface area contributed by atoms with E-state index >= 15 is 0 Å². The number of amides is 1. The van der Waals surface area contributed by atoms with E-state index in [1.54, 1.807) is 6.07 Å². The fraction of sp³-hybridized carbons (Fsp3) is 0.261. The summed E-state index contributed by atoms with van der Waals surface area (Å²) in [5.74, 6) is 0.749. The first kappa shape index (κ1) is 20.3. The smallest absolute Gasteiger partial charge is 0.259 e. The number of carbonyl (C=O) groups is 1. The zero-order valence-corrected chi connectivity index (χ0v) is 17.4. The highest BCUT2D eigenvalue weighted by Gasteiger charge is 2.24. The van der Waals surface area contributed by atoms with Gasteiger partial charge in [0.1, 0.15) is 0 Å². The van der Waals surface area contributed by atoms with Crippen LogP contribution in [0.4, 0.5) is 0 Å². The number of halogens is 1. The number of rotatable bonds is 6. The van der Waals surface area contributed by atoms with Crippen LogP contribution in [-0.2, 0) is 11.2 Å². The highest BCUT2D eigenvalue weighted by Crippen LogP contribution is 2.25. The lowest BCUT2D eigenvalue weighted by Crippen LogP contribution is -3.14. The number of piperazine rings is 1. The van der Waals surface area contributed by atoms with Crippen molar-refractivity contribution in [3.63, 3.8) is 0 Å². The number of aromatic nitrogens is 2. The molecule has 7 heteroatoms. The Morgan fingerprint density at radius 2 is 1.83 bits per heavy atom. The molecule has 2 aromatic carbocycles. The minimum atomic E-state index is 0.0281. The number of carbonyl (C=O) groups excluding carboxylic acids is 1. The summed E-state index contributed by atoms with van der Waals surface area (Å²) in [4.78, 5) is 20.3. The van der Waals surface area contributed by atoms with Crippen molar-refractivity contribution in [3.05, 3.63) is 77.1 Å². The van der Waals surface area contributed by atoms with E-state index in [-0.39, 0.29) is 12.3 Å². The average molecular weight is 424 g/mol. The standard InChI is InChI=1S/C23H23ClN4O2/c24-20-11-5-4-10-19(20)23-25-21(26-30-23)17-22(29)28-15-13-27(14-16-28)12-6-9-18-7-2-1-3-8-18/h1-11H,12-17H2/p+1/b9-6+. The predicted molar refractivity (Wildman–Crippen MR) is 116 cm³/mol. The molecule has 0 saturated carbocycles. The second kappa shape index (κ2) is 9.69. The van der Waals surface area contributed by atoms with Crippen molar-refractivity contribution < 1.29 is 14.2 Å². The van der Waals surface area contributed by atoms with Gasteiger partial charge in [0.15, 0.2) is 5.82 Å². The SMILES string of the molecule is O=C(Cc1noc(-c2ccccc2Cl)n1)N1CC[NH+](C/C=C/c2ccccc2)CC1. The van der Waals surface area contributed by atoms with Gasteiger partial charge in [-0.15, -0.1) is 0 Å². The lowest BCUT2D eigenvalue weighted by Gasteiger charge is -2.31. The molecule has 1 amide bonds. The molecule has 0 radical (unpaired) electrons. The number of hydrogen-bond acceptors (Lipinski definition) is 4. The highest BCUT2D eigenvalue weighted by molar-refractivity contribution is 6.33. The van der Waals surface area contributed by atoms with Gasteiger partial charge < -0.3 is 14.3 Å². The maximum atomic E-state index is 12.6. The van der Waals surface area contributed by atoms with Crippen molar-refractivity contribution in [1.82, 2.24) is 15.0 Å². The largest absolute Gasteiger partial charge is 0.334 e. The van der Waals surface area contributed by atoms with E-state index in [2.05, 4.69) is 34.4 Å². The molecule has 1 fully saturated rings. The number of quaternary nitrogens is 1. The van der Waals surface area contributed by atoms with Crippen LogP contribution in [0.3, 0.4) is 0 Å². The molecule has 1 aliphatic heterocycles. The number of nitrogens with zero attached hydrogens (tertiary/aromatic N) is 3. The predicted octanol–water partition coefficient (Wildman–Crippen LogP) is 2.37. The Labute approximate surface area is 180 Å². The van der Waals surface area contributed by atoms with Crippen LogP contribution in [0.2, 0.25) is 5.02 Å². The normalized spacial score (nSPS) is 15.0. The maximum absolute atomic E-state index is 12.6. The molecule has 2 heterocycles. The Bertz CT molecular complexity index is 1010. The van der Waals surface area contributed by atoms with Gasteiger partial charge in [0.05, 0.1) is 49.7 Å². The second-order valence-corrected chi connectivity index (χ2v) is 7.73. The molecule has 0 aliphatic carbocycles. The molecule has 1 aromatic heterocycles. The van der Waals surface area contributed by atoms with Crippen molar-refractivity contribution in [2.75, 3.05) is 32.7 Å². The van der Waals surface area contributed by atoms with Gasteiger partial charge in [-0.3, -0.25) is 4.79 Å². The zero-order chi connectivity index (χ0) is 20.8. The number of nitrogens with one attached hydrogen (secondary N) is 1. The Morgan fingerprint density at radius 1 is 1.10 bits per heavy atom. The zero-order valence-electron chi connectivity index (χ0n) is 16.6. The van der Waals surface area contributed by atoms with Crippen LogP contribution in [0.1, 0.15) is 11.4 Å². The Morgan fingerprint density at radius 3 is 2.60 bits per heavy atom. The summed E-state index contributed by atoms with van der Waals surface area (Å²) >= 11 is 6.17. The third-order valence-corrected chi connectivity index (χ3v) is 5.55. The van der Waals surface area contributed by atoms with Crippen molar-refractivity contribution in [1.29, 1.82) is 0 Å². The monoisotopic (exact) mass is 423 g/mol. The molecular weight excluding hydrogens is 400 g/mol. The van der Waals surface area contributed by atoms with E-state index in [0.717, 1.165) is 32.7 Å². The topological polar surface area (TPSA) is 63.7 Å². The maximum Gasteiger partial charge on any atom is 0.259 e. The Kier molecular flexibility index (Phi) is 6.57. The molecule has 0 spiro atoms. The van der Waals surface area contributed by atoms with Crippen LogP contribution >= 0.6 is 11.6 Å². The van der Waals surface area contributed by atoms with E-state index in [4.69, 9.17) is 16.1 Å². The summed E-state index contributed by atoms with van der Waals surface area (Å²) in [6.07, 6.45) is 4.49. The molecule has 0 bridgehead atoms. The molecule has 4 rings (SSSR count). The van der Waals surface area contributed by atoms with Gasteiger partial charge in [0.25, 0.3) is 5.89 Å². The van der Waals surface area contributed by atoms with E-state index in [1.807, 2.05) is 41.3 Å². The number of benzene rings is 2. The van der Waals surface area contributed by atoms with Gasteiger partial charge in [0.2, 0.25) is 5.91 Å². The second-order valence-electron chi connectivity index (χ2n) is 7.32. The first-order chi connectivity index (χ1) is 14.7. The minimum absolute atomic E-state index is 0.0281. The van der Waals surface area contributed by atoms with Gasteiger partial charge in [0, 0.05) is 0 Å². The quantitative estimate of drug-likeness (QED) is 0.661. The van der Waals surface area contributed by atoms with Crippen molar-refractivity contribution in [3.8, 4) is 11.5 Å². The molecule has 0 atom stereocenters. The van der Waals surface area contributed by atoms with Gasteiger partial charge in [-0.25, -0.2) is 0 Å². The lowest BCUT2D eigenvalue weighted by molar-refractivity contribution is -0.898. The van der Waals surface area contributed by atoms with Gasteiger partial charge in [-0.05, 0) is 23.8 Å². The summed E-state index contributed by atoms with van der Waals surface area (Å²) < 4.78 is 5.29. The van der Waals surface area contributed by atoms with Crippen LogP contribution in [0.25, 0.3) is 17.5 Å². The molecule has 3 aromatic rings. The third-order valence-electron chi connectivity index (χ3n) is 5.22. The molecule has 1 saturated heterocycles. The summed E-state index contributed by atoms with van der Waals surface area (Å²) in [7, 11) is 0. The first-order valence-corrected chi connectivity index (χ1v) is 10.5. The van der Waals surface area contributed by atoms with E-state index in [1.165, 1.54) is 10.5 Å². The summed E-state index contributed by atoms with van der Waals surface area (Å²) in [6, 6.07) is 17.6. The van der Waals surface area contributed by atoms with Crippen LogP contribution in [0, 0.1) is 0 Å². The molecule has 30 heavy (non-hydrogen) atoms. The molecule has 6 nitrogen and oxygen atoms in total. The van der Waals surface area contributed by atoms with E-state index < -0.39 is 0 Å². The minimum Gasteiger partial charge on any atom is -0.334 e. The molecule has 0 unspecified atom stereocenters. The van der Waals surface area contributed by atoms with Crippen LogP contribution < -0.4 is 4.90 Å². The number of hydrogen-bond donors (Lipinski definition) is 1. The van der Waals surface area contributed by atoms with Gasteiger partial charge in [-0.2, -0.15) is 4.98 Å². The summed E-state index contributed by atoms with van der Waals surface area (Å²) in [5.41, 5.74) is 1.88. The molecule has 1 N–H and O–H groups in total. The van der Waals surface area contributed by atoms with E-state index in [9.17, 15) is 4.79 Å². The van der Waals surface area contributed by atoms with Gasteiger partial charge >= 0.3 is 0 Å².